The molecular weight excluding hydrogens is 106 g/mol. The largest absolute Gasteiger partial charge is 0.308 e. The van der Waals surface area contributed by atoms with E-state index < -0.39 is 12.1 Å². The Balaban J connectivity index is 3.33. The van der Waals surface area contributed by atoms with Gasteiger partial charge in [0.15, 0.2) is 0 Å². The zero-order chi connectivity index (χ0) is 6.57. The quantitative estimate of drug-likeness (QED) is 0.416. The van der Waals surface area contributed by atoms with Crippen molar-refractivity contribution in [2.24, 2.45) is 11.5 Å². The van der Waals surface area contributed by atoms with Crippen molar-refractivity contribution in [2.45, 2.75) is 6.17 Å². The molecule has 0 spiro atoms. The molecule has 0 rings (SSSR count). The maximum Gasteiger partial charge on any atom is 0.272 e. The number of carbonyl (C=O) groups is 1. The highest BCUT2D eigenvalue weighted by Gasteiger charge is 2.05. The first kappa shape index (κ1) is 7.39. The summed E-state index contributed by atoms with van der Waals surface area (Å²) in [4.78, 5) is 10.3. The van der Waals surface area contributed by atoms with Crippen LogP contribution in [0, 0.1) is 6.92 Å². The van der Waals surface area contributed by atoms with Crippen molar-refractivity contribution < 1.29 is 4.79 Å². The summed E-state index contributed by atoms with van der Waals surface area (Å²) in [6.45, 7) is 3.51. The molecule has 0 bridgehead atoms. The monoisotopic (exact) mass is 115 g/mol. The van der Waals surface area contributed by atoms with Gasteiger partial charge in [0.25, 0.3) is 5.91 Å². The Bertz CT molecular complexity index is 81.4. The van der Waals surface area contributed by atoms with Crippen molar-refractivity contribution in [3.63, 3.8) is 0 Å². The standard InChI is InChI=1S/C4H9N3O/c1-2-7-4(8)3(5)6/h3H,1-2,5-6H2. The molecule has 0 aliphatic heterocycles. The predicted molar refractivity (Wildman–Crippen MR) is 29.5 cm³/mol. The van der Waals surface area contributed by atoms with Crippen molar-refractivity contribution in [3.8, 4) is 0 Å². The molecule has 4 heteroatoms. The maximum atomic E-state index is 10.3. The van der Waals surface area contributed by atoms with Gasteiger partial charge in [-0.3, -0.25) is 4.79 Å². The molecule has 0 unspecified atom stereocenters. The van der Waals surface area contributed by atoms with Crippen molar-refractivity contribution in [3.05, 3.63) is 6.92 Å². The molecule has 46 valence electrons. The minimum atomic E-state index is -0.975. The molecule has 4 N–H and O–H groups in total. The Morgan fingerprint density at radius 3 is 2.38 bits per heavy atom. The minimum absolute atomic E-state index is 0.198. The number of amides is 1. The molecular formula is C4H9N3O. The van der Waals surface area contributed by atoms with Crippen molar-refractivity contribution >= 4 is 5.91 Å². The van der Waals surface area contributed by atoms with Crippen LogP contribution in [0.25, 0.3) is 0 Å². The zero-order valence-corrected chi connectivity index (χ0v) is 4.50. The summed E-state index contributed by atoms with van der Waals surface area (Å²) < 4.78 is 0. The lowest BCUT2D eigenvalue weighted by molar-refractivity contribution is -0.122. The van der Waals surface area contributed by atoms with Gasteiger partial charge in [0.05, 0.1) is 0 Å². The fourth-order valence-corrected chi connectivity index (χ4v) is 0.216. The molecule has 0 aliphatic carbocycles. The second-order valence-corrected chi connectivity index (χ2v) is 1.25. The van der Waals surface area contributed by atoms with Gasteiger partial charge in [0, 0.05) is 6.54 Å². The summed E-state index contributed by atoms with van der Waals surface area (Å²) in [5, 5.41) is 3.32. The van der Waals surface area contributed by atoms with Gasteiger partial charge in [-0.05, 0) is 6.92 Å². The number of carbonyl (C=O) groups excluding carboxylic acids is 1. The third kappa shape index (κ3) is 2.54. The van der Waals surface area contributed by atoms with E-state index in [1.165, 1.54) is 0 Å². The number of nitrogens with two attached hydrogens (primary N) is 2. The molecule has 0 saturated heterocycles. The second kappa shape index (κ2) is 3.40. The van der Waals surface area contributed by atoms with E-state index >= 15 is 0 Å². The van der Waals surface area contributed by atoms with E-state index in [0.29, 0.717) is 0 Å². The topological polar surface area (TPSA) is 83.2 Å². The minimum Gasteiger partial charge on any atom is -0.308 e. The first-order valence-corrected chi connectivity index (χ1v) is 2.20. The van der Waals surface area contributed by atoms with Crippen molar-refractivity contribution in [2.75, 3.05) is 6.54 Å². The average Bonchev–Trinajstić information content (AvgIpc) is 1.67. The highest BCUT2D eigenvalue weighted by atomic mass is 16.2. The van der Waals surface area contributed by atoms with E-state index in [0.717, 1.165) is 0 Å². The van der Waals surface area contributed by atoms with Crippen LogP contribution in [0.4, 0.5) is 0 Å². The Morgan fingerprint density at radius 2 is 2.25 bits per heavy atom. The highest BCUT2D eigenvalue weighted by Crippen LogP contribution is 1.66. The Kier molecular flexibility index (Phi) is 3.14. The zero-order valence-electron chi connectivity index (χ0n) is 4.50. The Labute approximate surface area is 48.2 Å². The molecule has 0 saturated carbocycles. The van der Waals surface area contributed by atoms with E-state index in [1.807, 2.05) is 0 Å². The van der Waals surface area contributed by atoms with Gasteiger partial charge in [0.2, 0.25) is 0 Å². The average molecular weight is 115 g/mol. The van der Waals surface area contributed by atoms with Crippen LogP contribution in [0.2, 0.25) is 0 Å². The summed E-state index contributed by atoms with van der Waals surface area (Å²) >= 11 is 0. The lowest BCUT2D eigenvalue weighted by Crippen LogP contribution is -2.43. The molecule has 2 radical (unpaired) electrons. The van der Waals surface area contributed by atoms with Crippen LogP contribution in [0.3, 0.4) is 0 Å². The van der Waals surface area contributed by atoms with Crippen molar-refractivity contribution in [1.82, 2.24) is 5.32 Å². The third-order valence-electron chi connectivity index (χ3n) is 0.553. The molecule has 0 heterocycles. The lowest BCUT2D eigenvalue weighted by atomic mass is 10.5. The van der Waals surface area contributed by atoms with E-state index in [9.17, 15) is 4.79 Å². The van der Waals surface area contributed by atoms with E-state index in [2.05, 4.69) is 12.2 Å². The van der Waals surface area contributed by atoms with Crippen LogP contribution >= 0.6 is 0 Å². The molecule has 0 atom stereocenters. The Hall–Kier alpha value is -0.610. The molecule has 0 aromatic carbocycles. The summed E-state index contributed by atoms with van der Waals surface area (Å²) in [5.74, 6) is -0.500. The SMILES string of the molecule is [CH2]C[N]C(=O)C(N)N. The predicted octanol–water partition coefficient (Wildman–Crippen LogP) is -1.81. The van der Waals surface area contributed by atoms with Crippen LogP contribution in [-0.4, -0.2) is 18.6 Å². The molecule has 0 aliphatic rings. The number of hydrogen-bond donors (Lipinski definition) is 2. The summed E-state index contributed by atoms with van der Waals surface area (Å²) in [5.41, 5.74) is 9.86. The normalized spacial score (nSPS) is 9.50. The van der Waals surface area contributed by atoms with Gasteiger partial charge >= 0.3 is 0 Å². The first-order valence-electron chi connectivity index (χ1n) is 2.20. The number of nitrogens with zero attached hydrogens (tertiary/aromatic N) is 1. The van der Waals surface area contributed by atoms with Gasteiger partial charge in [-0.15, -0.1) is 0 Å². The molecule has 8 heavy (non-hydrogen) atoms. The summed E-state index contributed by atoms with van der Waals surface area (Å²) in [6.07, 6.45) is -0.975. The van der Waals surface area contributed by atoms with Crippen LogP contribution in [0.15, 0.2) is 0 Å². The number of hydrogen-bond acceptors (Lipinski definition) is 3. The van der Waals surface area contributed by atoms with Crippen molar-refractivity contribution in [1.29, 1.82) is 0 Å². The molecule has 4 nitrogen and oxygen atoms in total. The van der Waals surface area contributed by atoms with Gasteiger partial charge in [-0.2, -0.15) is 0 Å². The van der Waals surface area contributed by atoms with Gasteiger partial charge in [-0.1, -0.05) is 0 Å². The summed E-state index contributed by atoms with van der Waals surface area (Å²) in [6, 6.07) is 0. The highest BCUT2D eigenvalue weighted by molar-refractivity contribution is 5.80. The van der Waals surface area contributed by atoms with Crippen LogP contribution in [0.5, 0.6) is 0 Å². The first-order chi connectivity index (χ1) is 3.68. The fourth-order valence-electron chi connectivity index (χ4n) is 0.216. The van der Waals surface area contributed by atoms with E-state index in [-0.39, 0.29) is 6.54 Å². The smallest absolute Gasteiger partial charge is 0.272 e. The number of rotatable bonds is 2. The van der Waals surface area contributed by atoms with Gasteiger partial charge < -0.3 is 11.5 Å². The van der Waals surface area contributed by atoms with Gasteiger partial charge in [-0.25, -0.2) is 5.32 Å². The second-order valence-electron chi connectivity index (χ2n) is 1.25. The third-order valence-corrected chi connectivity index (χ3v) is 0.553. The lowest BCUT2D eigenvalue weighted by Gasteiger charge is -1.99. The van der Waals surface area contributed by atoms with E-state index in [4.69, 9.17) is 11.5 Å². The van der Waals surface area contributed by atoms with Gasteiger partial charge in [0.1, 0.15) is 6.17 Å². The molecule has 0 aromatic rings. The Morgan fingerprint density at radius 1 is 1.75 bits per heavy atom. The van der Waals surface area contributed by atoms with Crippen LogP contribution in [0.1, 0.15) is 0 Å². The maximum absolute atomic E-state index is 10.3. The summed E-state index contributed by atoms with van der Waals surface area (Å²) in [7, 11) is 0. The van der Waals surface area contributed by atoms with Crippen LogP contribution < -0.4 is 16.8 Å². The molecule has 0 fully saturated rings. The fraction of sp³-hybridized carbons (Fsp3) is 0.500. The van der Waals surface area contributed by atoms with E-state index in [1.54, 1.807) is 0 Å². The molecule has 0 aromatic heterocycles. The molecule has 1 amide bonds. The van der Waals surface area contributed by atoms with Crippen LogP contribution in [-0.2, 0) is 4.79 Å².